The SMILES string of the molecule is CCC(C)C(C)C1OC1CC(C)(C)/C=C/C=C(\C)C1OC(=O)CC(C)CCC(C)C(O)/C=C/C1C. The van der Waals surface area contributed by atoms with Crippen molar-refractivity contribution in [2.75, 3.05) is 0 Å². The Labute approximate surface area is 215 Å². The van der Waals surface area contributed by atoms with Crippen molar-refractivity contribution in [3.8, 4) is 0 Å². The van der Waals surface area contributed by atoms with E-state index in [0.717, 1.165) is 24.8 Å². The Hall–Kier alpha value is -1.39. The summed E-state index contributed by atoms with van der Waals surface area (Å²) in [5.74, 6) is 1.56. The van der Waals surface area contributed by atoms with Crippen LogP contribution < -0.4 is 0 Å². The Kier molecular flexibility index (Phi) is 11.3. The number of hydrogen-bond acceptors (Lipinski definition) is 4. The molecule has 0 bridgehead atoms. The first-order valence-corrected chi connectivity index (χ1v) is 13.9. The Morgan fingerprint density at radius 2 is 1.89 bits per heavy atom. The molecule has 0 amide bonds. The van der Waals surface area contributed by atoms with Crippen LogP contribution in [-0.2, 0) is 14.3 Å². The predicted octanol–water partition coefficient (Wildman–Crippen LogP) is 7.28. The van der Waals surface area contributed by atoms with Gasteiger partial charge in [0.25, 0.3) is 0 Å². The van der Waals surface area contributed by atoms with Gasteiger partial charge in [-0.25, -0.2) is 0 Å². The minimum absolute atomic E-state index is 0.0177. The largest absolute Gasteiger partial charge is 0.457 e. The summed E-state index contributed by atoms with van der Waals surface area (Å²) in [5.41, 5.74) is 1.04. The van der Waals surface area contributed by atoms with Crippen LogP contribution in [0.2, 0.25) is 0 Å². The quantitative estimate of drug-likeness (QED) is 0.169. The third kappa shape index (κ3) is 9.53. The zero-order valence-corrected chi connectivity index (χ0v) is 23.8. The third-order valence-corrected chi connectivity index (χ3v) is 8.32. The molecule has 2 rings (SSSR count). The summed E-state index contributed by atoms with van der Waals surface area (Å²) < 4.78 is 12.0. The lowest BCUT2D eigenvalue weighted by Crippen LogP contribution is -2.27. The lowest BCUT2D eigenvalue weighted by molar-refractivity contribution is -0.149. The van der Waals surface area contributed by atoms with Gasteiger partial charge >= 0.3 is 5.97 Å². The van der Waals surface area contributed by atoms with E-state index in [9.17, 15) is 9.90 Å². The fourth-order valence-corrected chi connectivity index (χ4v) is 5.11. The molecule has 2 heterocycles. The van der Waals surface area contributed by atoms with E-state index in [-0.39, 0.29) is 35.2 Å². The molecule has 2 aliphatic heterocycles. The van der Waals surface area contributed by atoms with E-state index in [4.69, 9.17) is 9.47 Å². The number of aliphatic hydroxyl groups excluding tert-OH is 1. The second kappa shape index (κ2) is 13.2. The summed E-state index contributed by atoms with van der Waals surface area (Å²) in [7, 11) is 0. The summed E-state index contributed by atoms with van der Waals surface area (Å²) in [6.07, 6.45) is 14.7. The smallest absolute Gasteiger partial charge is 0.306 e. The lowest BCUT2D eigenvalue weighted by atomic mass is 9.83. The minimum atomic E-state index is -0.470. The van der Waals surface area contributed by atoms with Crippen molar-refractivity contribution in [2.45, 2.75) is 119 Å². The Bertz CT molecular complexity index is 764. The average molecular weight is 489 g/mol. The maximum absolute atomic E-state index is 12.7. The van der Waals surface area contributed by atoms with Crippen molar-refractivity contribution < 1.29 is 19.4 Å². The molecule has 0 aliphatic carbocycles. The molecule has 0 saturated carbocycles. The van der Waals surface area contributed by atoms with Crippen molar-refractivity contribution >= 4 is 5.97 Å². The minimum Gasteiger partial charge on any atom is -0.457 e. The van der Waals surface area contributed by atoms with Gasteiger partial charge in [-0.15, -0.1) is 0 Å². The summed E-state index contributed by atoms with van der Waals surface area (Å²) >= 11 is 0. The number of allylic oxidation sites excluding steroid dienone is 3. The highest BCUT2D eigenvalue weighted by molar-refractivity contribution is 5.70. The first-order valence-electron chi connectivity index (χ1n) is 13.9. The van der Waals surface area contributed by atoms with Gasteiger partial charge in [-0.05, 0) is 60.8 Å². The molecule has 1 saturated heterocycles. The Balaban J connectivity index is 2.07. The fourth-order valence-electron chi connectivity index (χ4n) is 5.11. The summed E-state index contributed by atoms with van der Waals surface area (Å²) in [6.45, 7) is 19.6. The lowest BCUT2D eigenvalue weighted by Gasteiger charge is -2.26. The van der Waals surface area contributed by atoms with E-state index in [1.54, 1.807) is 0 Å². The van der Waals surface area contributed by atoms with Gasteiger partial charge < -0.3 is 14.6 Å². The van der Waals surface area contributed by atoms with Crippen LogP contribution in [0.4, 0.5) is 0 Å². The van der Waals surface area contributed by atoms with Gasteiger partial charge in [0, 0.05) is 12.3 Å². The molecule has 35 heavy (non-hydrogen) atoms. The third-order valence-electron chi connectivity index (χ3n) is 8.32. The molecule has 0 aromatic rings. The molecule has 0 aromatic carbocycles. The number of epoxide rings is 1. The van der Waals surface area contributed by atoms with E-state index in [1.807, 2.05) is 19.1 Å². The molecule has 4 heteroatoms. The van der Waals surface area contributed by atoms with Crippen LogP contribution in [-0.4, -0.2) is 35.5 Å². The van der Waals surface area contributed by atoms with Crippen molar-refractivity contribution in [3.63, 3.8) is 0 Å². The van der Waals surface area contributed by atoms with E-state index in [1.165, 1.54) is 6.42 Å². The van der Waals surface area contributed by atoms with E-state index < -0.39 is 6.10 Å². The second-order valence-corrected chi connectivity index (χ2v) is 12.4. The summed E-state index contributed by atoms with van der Waals surface area (Å²) in [4.78, 5) is 12.7. The summed E-state index contributed by atoms with van der Waals surface area (Å²) in [5, 5.41) is 10.5. The number of ether oxygens (including phenoxy) is 2. The highest BCUT2D eigenvalue weighted by atomic mass is 16.6. The van der Waals surface area contributed by atoms with Crippen molar-refractivity contribution in [3.05, 3.63) is 36.0 Å². The number of rotatable bonds is 8. The van der Waals surface area contributed by atoms with Crippen LogP contribution in [0.25, 0.3) is 0 Å². The maximum atomic E-state index is 12.7. The van der Waals surface area contributed by atoms with Crippen LogP contribution in [0.5, 0.6) is 0 Å². The molecule has 0 aromatic heterocycles. The number of aliphatic hydroxyl groups is 1. The Morgan fingerprint density at radius 3 is 2.54 bits per heavy atom. The molecule has 1 fully saturated rings. The van der Waals surface area contributed by atoms with E-state index in [2.05, 4.69) is 73.6 Å². The second-order valence-electron chi connectivity index (χ2n) is 12.4. The molecule has 0 spiro atoms. The van der Waals surface area contributed by atoms with Crippen LogP contribution >= 0.6 is 0 Å². The average Bonchev–Trinajstić information content (AvgIpc) is 3.55. The van der Waals surface area contributed by atoms with Crippen molar-refractivity contribution in [1.29, 1.82) is 0 Å². The van der Waals surface area contributed by atoms with Crippen LogP contribution in [0.15, 0.2) is 36.0 Å². The van der Waals surface area contributed by atoms with Crippen LogP contribution in [0.1, 0.15) is 94.4 Å². The van der Waals surface area contributed by atoms with Gasteiger partial charge in [0.1, 0.15) is 6.10 Å². The van der Waals surface area contributed by atoms with Crippen molar-refractivity contribution in [2.24, 2.45) is 35.0 Å². The van der Waals surface area contributed by atoms with Gasteiger partial charge in [0.2, 0.25) is 0 Å². The number of hydrogen-bond donors (Lipinski definition) is 1. The summed E-state index contributed by atoms with van der Waals surface area (Å²) in [6, 6.07) is 0. The molecule has 1 N–H and O–H groups in total. The van der Waals surface area contributed by atoms with Gasteiger partial charge in [0.05, 0.1) is 18.3 Å². The van der Waals surface area contributed by atoms with Gasteiger partial charge in [-0.1, -0.05) is 92.2 Å². The van der Waals surface area contributed by atoms with Crippen molar-refractivity contribution in [1.82, 2.24) is 0 Å². The highest BCUT2D eigenvalue weighted by Gasteiger charge is 2.46. The topological polar surface area (TPSA) is 59.1 Å². The number of cyclic esters (lactones) is 1. The van der Waals surface area contributed by atoms with Crippen LogP contribution in [0.3, 0.4) is 0 Å². The van der Waals surface area contributed by atoms with E-state index >= 15 is 0 Å². The molecule has 0 radical (unpaired) electrons. The van der Waals surface area contributed by atoms with Crippen LogP contribution in [0, 0.1) is 35.0 Å². The highest BCUT2D eigenvalue weighted by Crippen LogP contribution is 2.41. The predicted molar refractivity (Wildman–Crippen MR) is 145 cm³/mol. The molecule has 9 unspecified atom stereocenters. The number of esters is 1. The Morgan fingerprint density at radius 1 is 1.20 bits per heavy atom. The normalized spacial score (nSPS) is 36.1. The zero-order valence-electron chi connectivity index (χ0n) is 23.8. The number of carbonyl (C=O) groups excluding carboxylic acids is 1. The zero-order chi connectivity index (χ0) is 26.3. The molecule has 2 aliphatic rings. The first-order chi connectivity index (χ1) is 16.3. The molecule has 200 valence electrons. The maximum Gasteiger partial charge on any atom is 0.306 e. The molecule has 9 atom stereocenters. The molecule has 4 nitrogen and oxygen atoms in total. The molecular weight excluding hydrogens is 436 g/mol. The fraction of sp³-hybridized carbons (Fsp3) is 0.774. The molecular formula is C31H52O4. The van der Waals surface area contributed by atoms with Gasteiger partial charge in [0.15, 0.2) is 0 Å². The first kappa shape index (κ1) is 29.8. The number of carbonyl (C=O) groups is 1. The van der Waals surface area contributed by atoms with Gasteiger partial charge in [-0.3, -0.25) is 4.79 Å². The standard InChI is InChI=1S/C31H52O4/c1-10-21(3)25(7)30-27(34-30)19-31(8,9)17-11-12-23(5)29-24(6)15-16-26(32)22(4)14-13-20(2)18-28(33)35-29/h11-12,15-17,20-22,24-27,29-30,32H,10,13-14,18-19H2,1-9H3/b16-15+,17-11+,23-12+. The monoisotopic (exact) mass is 488 g/mol. The van der Waals surface area contributed by atoms with E-state index in [0.29, 0.717) is 30.5 Å². The van der Waals surface area contributed by atoms with Gasteiger partial charge in [-0.2, -0.15) is 0 Å².